The predicted molar refractivity (Wildman–Crippen MR) is 77.8 cm³/mol. The summed E-state index contributed by atoms with van der Waals surface area (Å²) in [6, 6.07) is 7.14. The van der Waals surface area contributed by atoms with Crippen LogP contribution in [0.4, 0.5) is 0 Å². The molecule has 114 valence electrons. The highest BCUT2D eigenvalue weighted by atomic mass is 16.5. The van der Waals surface area contributed by atoms with E-state index >= 15 is 0 Å². The van der Waals surface area contributed by atoms with E-state index < -0.39 is 0 Å². The van der Waals surface area contributed by atoms with Gasteiger partial charge in [0.25, 0.3) is 5.91 Å². The van der Waals surface area contributed by atoms with Gasteiger partial charge in [-0.3, -0.25) is 4.79 Å². The molecule has 1 amide bonds. The fraction of sp³-hybridized carbons (Fsp3) is 0.438. The summed E-state index contributed by atoms with van der Waals surface area (Å²) in [6.45, 7) is 3.59. The van der Waals surface area contributed by atoms with Crippen molar-refractivity contribution in [3.05, 3.63) is 47.8 Å². The van der Waals surface area contributed by atoms with Crippen LogP contribution in [0, 0.1) is 0 Å². The molecule has 5 heteroatoms. The van der Waals surface area contributed by atoms with Crippen LogP contribution in [0.2, 0.25) is 0 Å². The highest BCUT2D eigenvalue weighted by Crippen LogP contribution is 2.15. The molecule has 0 bridgehead atoms. The lowest BCUT2D eigenvalue weighted by atomic mass is 10.2. The summed E-state index contributed by atoms with van der Waals surface area (Å²) in [6.07, 6.45) is 3.58. The number of nitrogens with zero attached hydrogens (tertiary/aromatic N) is 1. The molecule has 2 aromatic rings. The van der Waals surface area contributed by atoms with Crippen LogP contribution >= 0.6 is 0 Å². The molecule has 0 saturated carbocycles. The van der Waals surface area contributed by atoms with Gasteiger partial charge in [-0.2, -0.15) is 0 Å². The number of furan rings is 2. The van der Waals surface area contributed by atoms with E-state index in [2.05, 4.69) is 6.92 Å². The van der Waals surface area contributed by atoms with Crippen LogP contribution in [0.25, 0.3) is 0 Å². The summed E-state index contributed by atoms with van der Waals surface area (Å²) in [5.41, 5.74) is 0. The quantitative estimate of drug-likeness (QED) is 0.747. The number of methoxy groups -OCH3 is 1. The normalized spacial score (nSPS) is 10.8. The van der Waals surface area contributed by atoms with Gasteiger partial charge in [0.05, 0.1) is 12.8 Å². The van der Waals surface area contributed by atoms with E-state index in [9.17, 15) is 4.79 Å². The van der Waals surface area contributed by atoms with Gasteiger partial charge in [-0.05, 0) is 30.7 Å². The highest BCUT2D eigenvalue weighted by Gasteiger charge is 2.20. The van der Waals surface area contributed by atoms with E-state index in [0.717, 1.165) is 18.6 Å². The summed E-state index contributed by atoms with van der Waals surface area (Å²) in [5.74, 6) is 1.63. The summed E-state index contributed by atoms with van der Waals surface area (Å²) in [7, 11) is 1.59. The molecule has 2 rings (SSSR count). The summed E-state index contributed by atoms with van der Waals surface area (Å²) in [5, 5.41) is 0. The molecule has 5 nitrogen and oxygen atoms in total. The Morgan fingerprint density at radius 1 is 1.29 bits per heavy atom. The topological polar surface area (TPSA) is 55.8 Å². The van der Waals surface area contributed by atoms with Gasteiger partial charge in [-0.1, -0.05) is 13.3 Å². The minimum absolute atomic E-state index is 0.123. The molecule has 21 heavy (non-hydrogen) atoms. The van der Waals surface area contributed by atoms with Crippen molar-refractivity contribution in [1.29, 1.82) is 0 Å². The molecule has 0 fully saturated rings. The largest absolute Gasteiger partial charge is 0.467 e. The minimum atomic E-state index is -0.123. The van der Waals surface area contributed by atoms with Crippen molar-refractivity contribution in [3.63, 3.8) is 0 Å². The molecule has 0 aliphatic rings. The number of ether oxygens (including phenoxy) is 1. The van der Waals surface area contributed by atoms with Crippen LogP contribution in [-0.2, 0) is 17.9 Å². The third-order valence-corrected chi connectivity index (χ3v) is 3.15. The second-order valence-electron chi connectivity index (χ2n) is 4.86. The number of hydrogen-bond donors (Lipinski definition) is 0. The smallest absolute Gasteiger partial charge is 0.289 e. The molecule has 0 aliphatic heterocycles. The van der Waals surface area contributed by atoms with Crippen LogP contribution in [-0.4, -0.2) is 24.5 Å². The zero-order chi connectivity index (χ0) is 15.1. The SMILES string of the molecule is CCCCN(Cc1ccco1)C(=O)c1ccc(COC)o1. The first-order valence-electron chi connectivity index (χ1n) is 7.14. The maximum absolute atomic E-state index is 12.5. The monoisotopic (exact) mass is 291 g/mol. The number of unbranched alkanes of at least 4 members (excludes halogenated alkanes) is 1. The molecule has 0 saturated heterocycles. The minimum Gasteiger partial charge on any atom is -0.467 e. The molecule has 0 unspecified atom stereocenters. The van der Waals surface area contributed by atoms with E-state index in [1.54, 1.807) is 30.4 Å². The van der Waals surface area contributed by atoms with Gasteiger partial charge in [-0.15, -0.1) is 0 Å². The van der Waals surface area contributed by atoms with Gasteiger partial charge >= 0.3 is 0 Å². The van der Waals surface area contributed by atoms with Gasteiger partial charge in [0.1, 0.15) is 18.1 Å². The molecular weight excluding hydrogens is 270 g/mol. The second kappa shape index (κ2) is 7.69. The van der Waals surface area contributed by atoms with Crippen LogP contribution in [0.3, 0.4) is 0 Å². The maximum atomic E-state index is 12.5. The Bertz CT molecular complexity index is 544. The first kappa shape index (κ1) is 15.4. The molecular formula is C16H21NO4. The standard InChI is InChI=1S/C16H21NO4/c1-3-4-9-17(11-13-6-5-10-20-13)16(18)15-8-7-14(21-15)12-19-2/h5-8,10H,3-4,9,11-12H2,1-2H3. The van der Waals surface area contributed by atoms with Gasteiger partial charge in [0.15, 0.2) is 5.76 Å². The van der Waals surface area contributed by atoms with E-state index in [0.29, 0.717) is 31.2 Å². The fourth-order valence-corrected chi connectivity index (χ4v) is 2.06. The average molecular weight is 291 g/mol. The third-order valence-electron chi connectivity index (χ3n) is 3.15. The van der Waals surface area contributed by atoms with Crippen LogP contribution < -0.4 is 0 Å². The van der Waals surface area contributed by atoms with E-state index in [1.807, 2.05) is 12.1 Å². The molecule has 2 aromatic heterocycles. The molecule has 0 atom stereocenters. The summed E-state index contributed by atoms with van der Waals surface area (Å²) in [4.78, 5) is 14.3. The van der Waals surface area contributed by atoms with Crippen LogP contribution in [0.15, 0.2) is 39.4 Å². The Balaban J connectivity index is 2.08. The lowest BCUT2D eigenvalue weighted by Crippen LogP contribution is -2.31. The zero-order valence-electron chi connectivity index (χ0n) is 12.5. The Morgan fingerprint density at radius 2 is 2.14 bits per heavy atom. The van der Waals surface area contributed by atoms with Crippen molar-refractivity contribution in [2.24, 2.45) is 0 Å². The van der Waals surface area contributed by atoms with Crippen molar-refractivity contribution in [3.8, 4) is 0 Å². The molecule has 0 N–H and O–H groups in total. The summed E-state index contributed by atoms with van der Waals surface area (Å²) < 4.78 is 15.8. The number of rotatable bonds is 8. The number of hydrogen-bond acceptors (Lipinski definition) is 4. The second-order valence-corrected chi connectivity index (χ2v) is 4.86. The van der Waals surface area contributed by atoms with Gasteiger partial charge in [0.2, 0.25) is 0 Å². The predicted octanol–water partition coefficient (Wildman–Crippen LogP) is 3.46. The third kappa shape index (κ3) is 4.23. The molecule has 0 aromatic carbocycles. The Labute approximate surface area is 124 Å². The Hall–Kier alpha value is -2.01. The van der Waals surface area contributed by atoms with Crippen molar-refractivity contribution in [1.82, 2.24) is 4.90 Å². The van der Waals surface area contributed by atoms with Crippen LogP contribution in [0.5, 0.6) is 0 Å². The number of amides is 1. The average Bonchev–Trinajstić information content (AvgIpc) is 3.14. The zero-order valence-corrected chi connectivity index (χ0v) is 12.5. The lowest BCUT2D eigenvalue weighted by Gasteiger charge is -2.20. The van der Waals surface area contributed by atoms with Crippen molar-refractivity contribution < 1.29 is 18.4 Å². The van der Waals surface area contributed by atoms with E-state index in [4.69, 9.17) is 13.6 Å². The van der Waals surface area contributed by atoms with E-state index in [-0.39, 0.29) is 5.91 Å². The number of carbonyl (C=O) groups is 1. The van der Waals surface area contributed by atoms with E-state index in [1.165, 1.54) is 0 Å². The maximum Gasteiger partial charge on any atom is 0.289 e. The van der Waals surface area contributed by atoms with Gasteiger partial charge in [0, 0.05) is 13.7 Å². The van der Waals surface area contributed by atoms with Crippen molar-refractivity contribution >= 4 is 5.91 Å². The highest BCUT2D eigenvalue weighted by molar-refractivity contribution is 5.91. The first-order valence-corrected chi connectivity index (χ1v) is 7.14. The lowest BCUT2D eigenvalue weighted by molar-refractivity contribution is 0.0689. The first-order chi connectivity index (χ1) is 10.2. The van der Waals surface area contributed by atoms with Crippen molar-refractivity contribution in [2.75, 3.05) is 13.7 Å². The van der Waals surface area contributed by atoms with Gasteiger partial charge in [-0.25, -0.2) is 0 Å². The molecule has 0 spiro atoms. The summed E-state index contributed by atoms with van der Waals surface area (Å²) >= 11 is 0. The number of carbonyl (C=O) groups excluding carboxylic acids is 1. The molecule has 2 heterocycles. The fourth-order valence-electron chi connectivity index (χ4n) is 2.06. The van der Waals surface area contributed by atoms with Gasteiger partial charge < -0.3 is 18.5 Å². The van der Waals surface area contributed by atoms with Crippen molar-refractivity contribution in [2.45, 2.75) is 32.9 Å². The molecule has 0 aliphatic carbocycles. The molecule has 0 radical (unpaired) electrons. The van der Waals surface area contributed by atoms with Crippen LogP contribution in [0.1, 0.15) is 41.8 Å². The Kier molecular flexibility index (Phi) is 5.63. The Morgan fingerprint density at radius 3 is 2.81 bits per heavy atom.